The molecule has 0 amide bonds. The zero-order valence-corrected chi connectivity index (χ0v) is 12.0. The molecule has 4 heteroatoms. The van der Waals surface area contributed by atoms with Crippen LogP contribution in [0.2, 0.25) is 5.02 Å². The van der Waals surface area contributed by atoms with E-state index in [9.17, 15) is 0 Å². The van der Waals surface area contributed by atoms with E-state index in [0.29, 0.717) is 0 Å². The first-order valence-corrected chi connectivity index (χ1v) is 6.71. The molecular weight excluding hydrogens is 248 g/mol. The molecule has 1 fully saturated rings. The van der Waals surface area contributed by atoms with E-state index < -0.39 is 0 Å². The first-order valence-electron chi connectivity index (χ1n) is 6.33. The number of nitrogens with one attached hydrogen (secondary N) is 1. The maximum absolute atomic E-state index is 6.15. The molecule has 1 saturated heterocycles. The van der Waals surface area contributed by atoms with E-state index in [2.05, 4.69) is 36.2 Å². The Labute approximate surface area is 114 Å². The molecule has 0 radical (unpaired) electrons. The molecule has 1 aliphatic rings. The molecule has 0 bridgehead atoms. The van der Waals surface area contributed by atoms with Crippen LogP contribution < -0.4 is 10.2 Å². The van der Waals surface area contributed by atoms with Gasteiger partial charge in [0.05, 0.1) is 18.8 Å². The van der Waals surface area contributed by atoms with Gasteiger partial charge in [0.25, 0.3) is 0 Å². The van der Waals surface area contributed by atoms with Crippen molar-refractivity contribution in [3.8, 4) is 0 Å². The van der Waals surface area contributed by atoms with Crippen molar-refractivity contribution in [1.29, 1.82) is 0 Å². The molecule has 0 aliphatic carbocycles. The summed E-state index contributed by atoms with van der Waals surface area (Å²) in [6.07, 6.45) is 0. The summed E-state index contributed by atoms with van der Waals surface area (Å²) in [6, 6.07) is 6.10. The third-order valence-corrected chi connectivity index (χ3v) is 3.59. The van der Waals surface area contributed by atoms with Crippen molar-refractivity contribution in [3.63, 3.8) is 0 Å². The number of hydrogen-bond donors (Lipinski definition) is 1. The first-order chi connectivity index (χ1) is 8.54. The maximum Gasteiger partial charge on any atom is 0.0694 e. The lowest BCUT2D eigenvalue weighted by molar-refractivity contribution is 0.0643. The van der Waals surface area contributed by atoms with Crippen molar-refractivity contribution in [1.82, 2.24) is 5.32 Å². The molecule has 0 saturated carbocycles. The average Bonchev–Trinajstić information content (AvgIpc) is 2.31. The number of rotatable bonds is 3. The Morgan fingerprint density at radius 1 is 1.44 bits per heavy atom. The molecule has 1 N–H and O–H groups in total. The van der Waals surface area contributed by atoms with Crippen LogP contribution in [0.3, 0.4) is 0 Å². The lowest BCUT2D eigenvalue weighted by Gasteiger charge is -2.44. The second-order valence-corrected chi connectivity index (χ2v) is 5.76. The number of morpholine rings is 1. The maximum atomic E-state index is 6.15. The van der Waals surface area contributed by atoms with Gasteiger partial charge in [-0.2, -0.15) is 0 Å². The summed E-state index contributed by atoms with van der Waals surface area (Å²) in [5.74, 6) is 0. The van der Waals surface area contributed by atoms with E-state index >= 15 is 0 Å². The Morgan fingerprint density at radius 3 is 2.89 bits per heavy atom. The number of halogens is 1. The van der Waals surface area contributed by atoms with Gasteiger partial charge in [-0.3, -0.25) is 0 Å². The van der Waals surface area contributed by atoms with E-state index in [0.717, 1.165) is 31.3 Å². The van der Waals surface area contributed by atoms with Crippen molar-refractivity contribution in [2.45, 2.75) is 25.9 Å². The zero-order valence-electron chi connectivity index (χ0n) is 11.3. The predicted octanol–water partition coefficient (Wildman–Crippen LogP) is 2.67. The zero-order chi connectivity index (χ0) is 13.2. The number of hydrogen-bond acceptors (Lipinski definition) is 3. The Morgan fingerprint density at radius 2 is 2.22 bits per heavy atom. The molecule has 0 unspecified atom stereocenters. The van der Waals surface area contributed by atoms with Crippen LogP contribution in [-0.2, 0) is 11.3 Å². The SMILES string of the molecule is CNCc1ccc(Cl)cc1N1CCOCC1(C)C. The monoisotopic (exact) mass is 268 g/mol. The summed E-state index contributed by atoms with van der Waals surface area (Å²) in [5, 5.41) is 3.99. The summed E-state index contributed by atoms with van der Waals surface area (Å²) in [4.78, 5) is 2.40. The highest BCUT2D eigenvalue weighted by molar-refractivity contribution is 6.30. The van der Waals surface area contributed by atoms with Crippen LogP contribution >= 0.6 is 11.6 Å². The minimum Gasteiger partial charge on any atom is -0.377 e. The second-order valence-electron chi connectivity index (χ2n) is 5.32. The van der Waals surface area contributed by atoms with Gasteiger partial charge in [0.2, 0.25) is 0 Å². The summed E-state index contributed by atoms with van der Waals surface area (Å²) < 4.78 is 5.58. The predicted molar refractivity (Wildman–Crippen MR) is 76.5 cm³/mol. The van der Waals surface area contributed by atoms with E-state index in [1.54, 1.807) is 0 Å². The fourth-order valence-corrected chi connectivity index (χ4v) is 2.60. The Balaban J connectivity index is 2.38. The molecule has 1 aromatic carbocycles. The van der Waals surface area contributed by atoms with Crippen LogP contribution in [-0.4, -0.2) is 32.3 Å². The van der Waals surface area contributed by atoms with Crippen LogP contribution in [0.25, 0.3) is 0 Å². The van der Waals surface area contributed by atoms with Gasteiger partial charge in [0.15, 0.2) is 0 Å². The molecule has 1 aromatic rings. The van der Waals surface area contributed by atoms with Crippen molar-refractivity contribution >= 4 is 17.3 Å². The molecule has 3 nitrogen and oxygen atoms in total. The van der Waals surface area contributed by atoms with Gasteiger partial charge in [-0.15, -0.1) is 0 Å². The Kier molecular flexibility index (Phi) is 4.15. The summed E-state index contributed by atoms with van der Waals surface area (Å²) >= 11 is 6.15. The quantitative estimate of drug-likeness (QED) is 0.912. The molecule has 100 valence electrons. The van der Waals surface area contributed by atoms with E-state index in [1.165, 1.54) is 11.3 Å². The third-order valence-electron chi connectivity index (χ3n) is 3.35. The van der Waals surface area contributed by atoms with E-state index in [-0.39, 0.29) is 5.54 Å². The topological polar surface area (TPSA) is 24.5 Å². The minimum atomic E-state index is 0.00538. The van der Waals surface area contributed by atoms with Crippen LogP contribution in [0.5, 0.6) is 0 Å². The largest absolute Gasteiger partial charge is 0.377 e. The third kappa shape index (κ3) is 2.79. The Hall–Kier alpha value is -0.770. The van der Waals surface area contributed by atoms with Gasteiger partial charge in [-0.25, -0.2) is 0 Å². The second kappa shape index (κ2) is 5.47. The molecule has 1 heterocycles. The van der Waals surface area contributed by atoms with Gasteiger partial charge in [-0.05, 0) is 38.6 Å². The summed E-state index contributed by atoms with van der Waals surface area (Å²) in [5.41, 5.74) is 2.49. The fourth-order valence-electron chi connectivity index (χ4n) is 2.43. The number of ether oxygens (including phenoxy) is 1. The van der Waals surface area contributed by atoms with E-state index in [1.807, 2.05) is 13.1 Å². The summed E-state index contributed by atoms with van der Waals surface area (Å²) in [7, 11) is 1.96. The van der Waals surface area contributed by atoms with Gasteiger partial charge >= 0.3 is 0 Å². The van der Waals surface area contributed by atoms with Crippen LogP contribution in [0.15, 0.2) is 18.2 Å². The van der Waals surface area contributed by atoms with Gasteiger partial charge in [0, 0.05) is 23.8 Å². The Bertz CT molecular complexity index is 420. The van der Waals surface area contributed by atoms with Gasteiger partial charge in [0.1, 0.15) is 0 Å². The van der Waals surface area contributed by atoms with E-state index in [4.69, 9.17) is 16.3 Å². The van der Waals surface area contributed by atoms with Crippen molar-refractivity contribution < 1.29 is 4.74 Å². The normalized spacial score (nSPS) is 19.0. The smallest absolute Gasteiger partial charge is 0.0694 e. The molecule has 1 aliphatic heterocycles. The summed E-state index contributed by atoms with van der Waals surface area (Å²) in [6.45, 7) is 7.68. The molecule has 0 aromatic heterocycles. The average molecular weight is 269 g/mol. The molecular formula is C14H21ClN2O. The fraction of sp³-hybridized carbons (Fsp3) is 0.571. The molecule has 0 spiro atoms. The van der Waals surface area contributed by atoms with Crippen molar-refractivity contribution in [3.05, 3.63) is 28.8 Å². The highest BCUT2D eigenvalue weighted by Gasteiger charge is 2.31. The highest BCUT2D eigenvalue weighted by atomic mass is 35.5. The van der Waals surface area contributed by atoms with Gasteiger partial charge < -0.3 is 15.0 Å². The number of benzene rings is 1. The molecule has 0 atom stereocenters. The van der Waals surface area contributed by atoms with Crippen LogP contribution in [0, 0.1) is 0 Å². The lowest BCUT2D eigenvalue weighted by Crippen LogP contribution is -2.53. The first kappa shape index (κ1) is 13.7. The molecule has 2 rings (SSSR count). The highest BCUT2D eigenvalue weighted by Crippen LogP contribution is 2.32. The van der Waals surface area contributed by atoms with Gasteiger partial charge in [-0.1, -0.05) is 17.7 Å². The van der Waals surface area contributed by atoms with Crippen LogP contribution in [0.4, 0.5) is 5.69 Å². The lowest BCUT2D eigenvalue weighted by atomic mass is 9.99. The van der Waals surface area contributed by atoms with Crippen molar-refractivity contribution in [2.75, 3.05) is 31.7 Å². The standard InChI is InChI=1S/C14H21ClN2O/c1-14(2)10-18-7-6-17(14)13-8-12(15)5-4-11(13)9-16-3/h4-5,8,16H,6-7,9-10H2,1-3H3. The van der Waals surface area contributed by atoms with Crippen molar-refractivity contribution in [2.24, 2.45) is 0 Å². The minimum absolute atomic E-state index is 0.00538. The number of anilines is 1. The number of nitrogens with zero attached hydrogens (tertiary/aromatic N) is 1. The van der Waals surface area contributed by atoms with Crippen LogP contribution in [0.1, 0.15) is 19.4 Å². The molecule has 18 heavy (non-hydrogen) atoms.